The number of carbonyl (C=O) groups excluding carboxylic acids is 2. The summed E-state index contributed by atoms with van der Waals surface area (Å²) in [6.07, 6.45) is 0. The number of rotatable bonds is 7. The Kier molecular flexibility index (Phi) is 6.79. The zero-order valence-electron chi connectivity index (χ0n) is 15.0. The second kappa shape index (κ2) is 9.05. The molecular formula is C19H20ClN3O4. The molecule has 0 aliphatic rings. The van der Waals surface area contributed by atoms with Crippen molar-refractivity contribution < 1.29 is 19.1 Å². The third-order valence-corrected chi connectivity index (χ3v) is 3.91. The number of amides is 1. The molecule has 0 fully saturated rings. The molecule has 7 nitrogen and oxygen atoms in total. The van der Waals surface area contributed by atoms with E-state index in [4.69, 9.17) is 27.5 Å². The third kappa shape index (κ3) is 5.72. The molecule has 0 spiro atoms. The van der Waals surface area contributed by atoms with E-state index in [-0.39, 0.29) is 24.9 Å². The van der Waals surface area contributed by atoms with E-state index in [0.29, 0.717) is 27.5 Å². The number of aryl methyl sites for hydroxylation is 1. The van der Waals surface area contributed by atoms with E-state index in [9.17, 15) is 9.59 Å². The van der Waals surface area contributed by atoms with Gasteiger partial charge in [0.25, 0.3) is 5.91 Å². The molecule has 0 aliphatic heterocycles. The van der Waals surface area contributed by atoms with Crippen molar-refractivity contribution in [3.63, 3.8) is 0 Å². The monoisotopic (exact) mass is 389 g/mol. The molecule has 0 saturated carbocycles. The summed E-state index contributed by atoms with van der Waals surface area (Å²) in [5, 5.41) is 10.8. The fraction of sp³-hybridized carbons (Fsp3) is 0.211. The smallest absolute Gasteiger partial charge is 0.343 e. The number of carbonyl (C=O) groups is 2. The van der Waals surface area contributed by atoms with E-state index in [1.807, 2.05) is 6.92 Å². The topological polar surface area (TPSA) is 114 Å². The average molecular weight is 390 g/mol. The second-order valence-electron chi connectivity index (χ2n) is 5.80. The van der Waals surface area contributed by atoms with Crippen molar-refractivity contribution in [1.29, 1.82) is 5.41 Å². The van der Waals surface area contributed by atoms with Gasteiger partial charge in [-0.15, -0.1) is 0 Å². The van der Waals surface area contributed by atoms with Crippen LogP contribution >= 0.6 is 11.6 Å². The SMILES string of the molecule is COC(=O)COc1cc(C(=N)N)ccc1CNC(=O)c1cc(C)cc(Cl)c1. The van der Waals surface area contributed by atoms with Crippen molar-refractivity contribution in [3.8, 4) is 5.75 Å². The molecule has 8 heteroatoms. The Morgan fingerprint density at radius 2 is 1.93 bits per heavy atom. The molecule has 0 unspecified atom stereocenters. The minimum atomic E-state index is -0.549. The van der Waals surface area contributed by atoms with E-state index in [1.54, 1.807) is 30.3 Å². The summed E-state index contributed by atoms with van der Waals surface area (Å²) in [4.78, 5) is 23.7. The number of hydrogen-bond acceptors (Lipinski definition) is 5. The van der Waals surface area contributed by atoms with Crippen molar-refractivity contribution >= 4 is 29.3 Å². The number of ether oxygens (including phenoxy) is 2. The second-order valence-corrected chi connectivity index (χ2v) is 6.24. The van der Waals surface area contributed by atoms with E-state index in [1.165, 1.54) is 13.2 Å². The highest BCUT2D eigenvalue weighted by Gasteiger charge is 2.12. The Labute approximate surface area is 161 Å². The fourth-order valence-corrected chi connectivity index (χ4v) is 2.63. The first kappa shape index (κ1) is 20.3. The molecule has 2 aromatic rings. The van der Waals surface area contributed by atoms with Crippen molar-refractivity contribution in [1.82, 2.24) is 5.32 Å². The lowest BCUT2D eigenvalue weighted by atomic mass is 10.1. The minimum absolute atomic E-state index is 0.136. The molecule has 0 aromatic heterocycles. The van der Waals surface area contributed by atoms with E-state index < -0.39 is 5.97 Å². The summed E-state index contributed by atoms with van der Waals surface area (Å²) >= 11 is 5.99. The van der Waals surface area contributed by atoms with Crippen LogP contribution in [0.25, 0.3) is 0 Å². The fourth-order valence-electron chi connectivity index (χ4n) is 2.34. The van der Waals surface area contributed by atoms with Crippen molar-refractivity contribution in [2.75, 3.05) is 13.7 Å². The van der Waals surface area contributed by atoms with Crippen LogP contribution < -0.4 is 15.8 Å². The van der Waals surface area contributed by atoms with E-state index in [2.05, 4.69) is 10.1 Å². The van der Waals surface area contributed by atoms with Gasteiger partial charge in [0.15, 0.2) is 6.61 Å². The van der Waals surface area contributed by atoms with Gasteiger partial charge >= 0.3 is 5.97 Å². The molecule has 142 valence electrons. The number of nitrogens with two attached hydrogens (primary N) is 1. The van der Waals surface area contributed by atoms with Crippen LogP contribution in [0.3, 0.4) is 0 Å². The summed E-state index contributed by atoms with van der Waals surface area (Å²) in [6, 6.07) is 9.92. The van der Waals surface area contributed by atoms with Crippen LogP contribution in [0.1, 0.15) is 27.0 Å². The maximum atomic E-state index is 12.4. The summed E-state index contributed by atoms with van der Waals surface area (Å²) in [5.74, 6) is -0.652. The predicted octanol–water partition coefficient (Wildman–Crippen LogP) is 2.41. The van der Waals surface area contributed by atoms with Gasteiger partial charge in [-0.1, -0.05) is 23.7 Å². The van der Waals surface area contributed by atoms with Gasteiger partial charge in [0.1, 0.15) is 11.6 Å². The lowest BCUT2D eigenvalue weighted by Gasteiger charge is -2.13. The number of methoxy groups -OCH3 is 1. The normalized spacial score (nSPS) is 10.2. The third-order valence-electron chi connectivity index (χ3n) is 3.70. The molecule has 2 rings (SSSR count). The molecule has 2 aromatic carbocycles. The van der Waals surface area contributed by atoms with Crippen LogP contribution in [0.4, 0.5) is 0 Å². The molecule has 0 radical (unpaired) electrons. The number of halogens is 1. The highest BCUT2D eigenvalue weighted by Crippen LogP contribution is 2.21. The molecule has 1 amide bonds. The Hall–Kier alpha value is -3.06. The quantitative estimate of drug-likeness (QED) is 0.382. The Morgan fingerprint density at radius 3 is 2.56 bits per heavy atom. The van der Waals surface area contributed by atoms with Gasteiger partial charge in [-0.05, 0) is 36.8 Å². The van der Waals surface area contributed by atoms with Gasteiger partial charge in [-0.3, -0.25) is 10.2 Å². The summed E-state index contributed by atoms with van der Waals surface area (Å²) in [5.41, 5.74) is 7.87. The zero-order chi connectivity index (χ0) is 20.0. The van der Waals surface area contributed by atoms with Gasteiger partial charge in [0.05, 0.1) is 7.11 Å². The van der Waals surface area contributed by atoms with Crippen LogP contribution in [0.15, 0.2) is 36.4 Å². The Bertz CT molecular complexity index is 863. The van der Waals surface area contributed by atoms with Crippen LogP contribution in [0, 0.1) is 12.3 Å². The first-order valence-electron chi connectivity index (χ1n) is 8.02. The van der Waals surface area contributed by atoms with E-state index in [0.717, 1.165) is 5.56 Å². The minimum Gasteiger partial charge on any atom is -0.482 e. The molecular weight excluding hydrogens is 370 g/mol. The molecule has 0 aliphatic carbocycles. The lowest BCUT2D eigenvalue weighted by Crippen LogP contribution is -2.24. The van der Waals surface area contributed by atoms with Crippen molar-refractivity contribution in [3.05, 3.63) is 63.7 Å². The lowest BCUT2D eigenvalue weighted by molar-refractivity contribution is -0.142. The number of benzene rings is 2. The largest absolute Gasteiger partial charge is 0.482 e. The highest BCUT2D eigenvalue weighted by molar-refractivity contribution is 6.31. The van der Waals surface area contributed by atoms with Gasteiger partial charge in [0, 0.05) is 28.3 Å². The highest BCUT2D eigenvalue weighted by atomic mass is 35.5. The number of hydrogen-bond donors (Lipinski definition) is 3. The van der Waals surface area contributed by atoms with Crippen LogP contribution in [0.5, 0.6) is 5.75 Å². The molecule has 0 heterocycles. The first-order chi connectivity index (χ1) is 12.8. The van der Waals surface area contributed by atoms with Crippen LogP contribution in [-0.2, 0) is 16.1 Å². The predicted molar refractivity (Wildman–Crippen MR) is 102 cm³/mol. The summed E-state index contributed by atoms with van der Waals surface area (Å²) in [6.45, 7) is 1.70. The summed E-state index contributed by atoms with van der Waals surface area (Å²) < 4.78 is 10.0. The maximum absolute atomic E-state index is 12.4. The number of esters is 1. The van der Waals surface area contributed by atoms with Gasteiger partial charge < -0.3 is 20.5 Å². The zero-order valence-corrected chi connectivity index (χ0v) is 15.7. The standard InChI is InChI=1S/C19H20ClN3O4/c1-11-5-14(7-15(20)6-11)19(25)23-9-13-4-3-12(18(21)22)8-16(13)27-10-17(24)26-2/h3-8H,9-10H2,1-2H3,(H3,21,22)(H,23,25). The number of nitrogens with one attached hydrogen (secondary N) is 2. The van der Waals surface area contributed by atoms with E-state index >= 15 is 0 Å². The van der Waals surface area contributed by atoms with Crippen molar-refractivity contribution in [2.45, 2.75) is 13.5 Å². The van der Waals surface area contributed by atoms with Crippen LogP contribution in [-0.4, -0.2) is 31.4 Å². The number of nitrogen functional groups attached to an aromatic ring is 1. The average Bonchev–Trinajstić information content (AvgIpc) is 2.63. The molecule has 0 saturated heterocycles. The summed E-state index contributed by atoms with van der Waals surface area (Å²) in [7, 11) is 1.26. The molecule has 27 heavy (non-hydrogen) atoms. The molecule has 0 bridgehead atoms. The first-order valence-corrected chi connectivity index (χ1v) is 8.40. The molecule has 0 atom stereocenters. The maximum Gasteiger partial charge on any atom is 0.343 e. The van der Waals surface area contributed by atoms with Crippen molar-refractivity contribution in [2.24, 2.45) is 5.73 Å². The van der Waals surface area contributed by atoms with Gasteiger partial charge in [-0.2, -0.15) is 0 Å². The Balaban J connectivity index is 2.17. The number of amidine groups is 1. The van der Waals surface area contributed by atoms with Gasteiger partial charge in [-0.25, -0.2) is 4.79 Å². The Morgan fingerprint density at radius 1 is 1.19 bits per heavy atom. The van der Waals surface area contributed by atoms with Gasteiger partial charge in [0.2, 0.25) is 0 Å². The van der Waals surface area contributed by atoms with Crippen LogP contribution in [0.2, 0.25) is 5.02 Å². The molecule has 4 N–H and O–H groups in total.